The van der Waals surface area contributed by atoms with Crippen LogP contribution in [-0.4, -0.2) is 37.7 Å². The van der Waals surface area contributed by atoms with Crippen LogP contribution in [0.2, 0.25) is 0 Å². The van der Waals surface area contributed by atoms with E-state index in [0.29, 0.717) is 28.3 Å². The quantitative estimate of drug-likeness (QED) is 0.543. The average Bonchev–Trinajstić information content (AvgIpc) is 2.76. The lowest BCUT2D eigenvalue weighted by molar-refractivity contribution is 0.0438. The summed E-state index contributed by atoms with van der Waals surface area (Å²) in [6.07, 6.45) is 0. The van der Waals surface area contributed by atoms with E-state index in [1.165, 1.54) is 14.2 Å². The lowest BCUT2D eigenvalue weighted by Crippen LogP contribution is -2.15. The third kappa shape index (κ3) is 4.05. The van der Waals surface area contributed by atoms with Crippen molar-refractivity contribution in [3.05, 3.63) is 64.8 Å². The molecule has 1 heterocycles. The second-order valence-corrected chi connectivity index (χ2v) is 6.41. The van der Waals surface area contributed by atoms with E-state index in [0.717, 1.165) is 10.9 Å². The van der Waals surface area contributed by atoms with Gasteiger partial charge in [0.15, 0.2) is 0 Å². The number of fused-ring (bicyclic) bond motifs is 1. The number of ether oxygens (including phenoxy) is 4. The molecule has 0 amide bonds. The molecule has 7 nitrogen and oxygen atoms in total. The van der Waals surface area contributed by atoms with Gasteiger partial charge in [0, 0.05) is 5.39 Å². The van der Waals surface area contributed by atoms with Crippen molar-refractivity contribution in [2.24, 2.45) is 0 Å². The fourth-order valence-electron chi connectivity index (χ4n) is 3.28. The first-order valence-electron chi connectivity index (χ1n) is 9.45. The third-order valence-electron chi connectivity index (χ3n) is 4.68. The maximum absolute atomic E-state index is 12.8. The Bertz CT molecular complexity index is 1070. The van der Waals surface area contributed by atoms with Crippen LogP contribution in [0.5, 0.6) is 11.5 Å². The van der Waals surface area contributed by atoms with Gasteiger partial charge in [-0.15, -0.1) is 0 Å². The Balaban J connectivity index is 1.99. The summed E-state index contributed by atoms with van der Waals surface area (Å²) < 4.78 is 21.2. The Kier molecular flexibility index (Phi) is 6.51. The van der Waals surface area contributed by atoms with E-state index in [1.807, 2.05) is 31.2 Å². The van der Waals surface area contributed by atoms with Gasteiger partial charge in [0.2, 0.25) is 0 Å². The van der Waals surface area contributed by atoms with Crippen LogP contribution in [0.3, 0.4) is 0 Å². The number of aromatic nitrogens is 1. The first kappa shape index (κ1) is 21.1. The van der Waals surface area contributed by atoms with Crippen LogP contribution in [0, 0.1) is 6.92 Å². The number of nitrogens with zero attached hydrogens (tertiary/aromatic N) is 1. The van der Waals surface area contributed by atoms with Gasteiger partial charge in [-0.05, 0) is 37.6 Å². The first-order chi connectivity index (χ1) is 14.5. The van der Waals surface area contributed by atoms with Crippen LogP contribution in [0.25, 0.3) is 10.9 Å². The van der Waals surface area contributed by atoms with Gasteiger partial charge in [0.1, 0.15) is 23.7 Å². The van der Waals surface area contributed by atoms with Crippen LogP contribution in [0.1, 0.15) is 38.9 Å². The number of aryl methyl sites for hydroxylation is 1. The van der Waals surface area contributed by atoms with Gasteiger partial charge in [-0.25, -0.2) is 14.6 Å². The molecule has 3 aromatic rings. The highest BCUT2D eigenvalue weighted by Gasteiger charge is 2.23. The Morgan fingerprint density at radius 3 is 2.13 bits per heavy atom. The standard InChI is InChI=1S/C23H23NO6/c1-5-29-22(25)20-14(2)15-9-6-7-10-16(15)24-17(20)13-30-23(26)21-18(27-3)11-8-12-19(21)28-4/h6-12H,5,13H2,1-4H3. The first-order valence-corrected chi connectivity index (χ1v) is 9.45. The number of carbonyl (C=O) groups is 2. The number of hydrogen-bond donors (Lipinski definition) is 0. The van der Waals surface area contributed by atoms with E-state index >= 15 is 0 Å². The van der Waals surface area contributed by atoms with E-state index in [1.54, 1.807) is 25.1 Å². The summed E-state index contributed by atoms with van der Waals surface area (Å²) in [5.74, 6) is -0.499. The summed E-state index contributed by atoms with van der Waals surface area (Å²) in [6, 6.07) is 12.4. The summed E-state index contributed by atoms with van der Waals surface area (Å²) >= 11 is 0. The number of para-hydroxylation sites is 1. The molecular weight excluding hydrogens is 386 g/mol. The topological polar surface area (TPSA) is 84.0 Å². The molecule has 0 saturated carbocycles. The van der Waals surface area contributed by atoms with Crippen molar-refractivity contribution >= 4 is 22.8 Å². The van der Waals surface area contributed by atoms with Crippen LogP contribution >= 0.6 is 0 Å². The molecule has 0 bridgehead atoms. The minimum Gasteiger partial charge on any atom is -0.496 e. The molecule has 156 valence electrons. The highest BCUT2D eigenvalue weighted by molar-refractivity contribution is 5.99. The molecule has 0 aliphatic carbocycles. The van der Waals surface area contributed by atoms with E-state index in [2.05, 4.69) is 4.98 Å². The molecule has 0 N–H and O–H groups in total. The predicted octanol–water partition coefficient (Wildman–Crippen LogP) is 4.09. The average molecular weight is 409 g/mol. The summed E-state index contributed by atoms with van der Waals surface area (Å²) in [6.45, 7) is 3.57. The van der Waals surface area contributed by atoms with Crippen molar-refractivity contribution in [2.75, 3.05) is 20.8 Å². The van der Waals surface area contributed by atoms with Crippen LogP contribution in [0.15, 0.2) is 42.5 Å². The molecule has 0 atom stereocenters. The lowest BCUT2D eigenvalue weighted by atomic mass is 10.0. The Hall–Kier alpha value is -3.61. The van der Waals surface area contributed by atoms with Crippen molar-refractivity contribution < 1.29 is 28.5 Å². The molecule has 7 heteroatoms. The van der Waals surface area contributed by atoms with Crippen molar-refractivity contribution in [3.63, 3.8) is 0 Å². The zero-order valence-electron chi connectivity index (χ0n) is 17.4. The second kappa shape index (κ2) is 9.26. The molecule has 0 aliphatic heterocycles. The number of carbonyl (C=O) groups excluding carboxylic acids is 2. The van der Waals surface area contributed by atoms with Crippen LogP contribution in [-0.2, 0) is 16.1 Å². The highest BCUT2D eigenvalue weighted by atomic mass is 16.5. The molecule has 0 saturated heterocycles. The van der Waals surface area contributed by atoms with Gasteiger partial charge in [-0.3, -0.25) is 0 Å². The Morgan fingerprint density at radius 2 is 1.50 bits per heavy atom. The van der Waals surface area contributed by atoms with E-state index in [4.69, 9.17) is 18.9 Å². The second-order valence-electron chi connectivity index (χ2n) is 6.41. The maximum Gasteiger partial charge on any atom is 0.346 e. The molecule has 30 heavy (non-hydrogen) atoms. The number of methoxy groups -OCH3 is 2. The number of hydrogen-bond acceptors (Lipinski definition) is 7. The summed E-state index contributed by atoms with van der Waals surface area (Å²) in [5, 5.41) is 0.835. The number of rotatable bonds is 7. The maximum atomic E-state index is 12.8. The minimum absolute atomic E-state index is 0.165. The number of pyridine rings is 1. The molecule has 0 fully saturated rings. The smallest absolute Gasteiger partial charge is 0.346 e. The number of esters is 2. The highest BCUT2D eigenvalue weighted by Crippen LogP contribution is 2.30. The molecule has 2 aromatic carbocycles. The largest absolute Gasteiger partial charge is 0.496 e. The SMILES string of the molecule is CCOC(=O)c1c(COC(=O)c2c(OC)cccc2OC)nc2ccccc2c1C. The molecule has 0 unspecified atom stereocenters. The van der Waals surface area contributed by atoms with Gasteiger partial charge >= 0.3 is 11.9 Å². The summed E-state index contributed by atoms with van der Waals surface area (Å²) in [4.78, 5) is 30.0. The fraction of sp³-hybridized carbons (Fsp3) is 0.261. The van der Waals surface area contributed by atoms with Crippen molar-refractivity contribution in [3.8, 4) is 11.5 Å². The predicted molar refractivity (Wildman–Crippen MR) is 111 cm³/mol. The normalized spacial score (nSPS) is 10.5. The van der Waals surface area contributed by atoms with E-state index < -0.39 is 11.9 Å². The fourth-order valence-corrected chi connectivity index (χ4v) is 3.28. The van der Waals surface area contributed by atoms with Crippen molar-refractivity contribution in [1.29, 1.82) is 0 Å². The van der Waals surface area contributed by atoms with Crippen molar-refractivity contribution in [2.45, 2.75) is 20.5 Å². The minimum atomic E-state index is -0.647. The Labute approximate surface area is 174 Å². The van der Waals surface area contributed by atoms with Crippen LogP contribution < -0.4 is 9.47 Å². The van der Waals surface area contributed by atoms with Gasteiger partial charge in [-0.1, -0.05) is 24.3 Å². The molecule has 0 radical (unpaired) electrons. The van der Waals surface area contributed by atoms with Gasteiger partial charge in [0.25, 0.3) is 0 Å². The number of benzene rings is 2. The molecule has 0 aliphatic rings. The lowest BCUT2D eigenvalue weighted by Gasteiger charge is -2.15. The monoisotopic (exact) mass is 409 g/mol. The van der Waals surface area contributed by atoms with Gasteiger partial charge in [-0.2, -0.15) is 0 Å². The third-order valence-corrected chi connectivity index (χ3v) is 4.68. The Morgan fingerprint density at radius 1 is 0.867 bits per heavy atom. The van der Waals surface area contributed by atoms with E-state index in [9.17, 15) is 9.59 Å². The van der Waals surface area contributed by atoms with E-state index in [-0.39, 0.29) is 18.8 Å². The van der Waals surface area contributed by atoms with Crippen molar-refractivity contribution in [1.82, 2.24) is 4.98 Å². The molecule has 1 aromatic heterocycles. The van der Waals surface area contributed by atoms with Gasteiger partial charge < -0.3 is 18.9 Å². The molecular formula is C23H23NO6. The van der Waals surface area contributed by atoms with Crippen LogP contribution in [0.4, 0.5) is 0 Å². The zero-order chi connectivity index (χ0) is 21.7. The summed E-state index contributed by atoms with van der Waals surface area (Å²) in [7, 11) is 2.91. The molecule has 0 spiro atoms. The molecule has 3 rings (SSSR count). The zero-order valence-corrected chi connectivity index (χ0v) is 17.4. The summed E-state index contributed by atoms with van der Waals surface area (Å²) in [5.41, 5.74) is 2.21. The van der Waals surface area contributed by atoms with Gasteiger partial charge in [0.05, 0.1) is 37.6 Å².